The molecule has 0 fully saturated rings. The zero-order valence-corrected chi connectivity index (χ0v) is 13.0. The molecule has 0 aliphatic rings. The van der Waals surface area contributed by atoms with Gasteiger partial charge in [0.2, 0.25) is 0 Å². The largest absolute Gasteiger partial charge is 0.355 e. The molecule has 0 unspecified atom stereocenters. The highest BCUT2D eigenvalue weighted by Gasteiger charge is 2.11. The molecule has 3 aromatic carbocycles. The zero-order chi connectivity index (χ0) is 16.3. The number of benzene rings is 3. The molecule has 5 heteroatoms. The Balaban J connectivity index is 0.000000220. The molecule has 0 aliphatic carbocycles. The average Bonchev–Trinajstić information content (AvgIpc) is 2.94. The molecular weight excluding hydrogens is 310 g/mol. The summed E-state index contributed by atoms with van der Waals surface area (Å²) in [4.78, 5) is 3.09. The second-order valence-electron chi connectivity index (χ2n) is 5.01. The maximum atomic E-state index is 11.1. The van der Waals surface area contributed by atoms with Crippen molar-refractivity contribution in [3.8, 4) is 0 Å². The fourth-order valence-electron chi connectivity index (χ4n) is 2.37. The highest BCUT2D eigenvalue weighted by atomic mass is 32.2. The van der Waals surface area contributed by atoms with Crippen LogP contribution in [-0.2, 0) is 10.1 Å². The van der Waals surface area contributed by atoms with Gasteiger partial charge >= 0.3 is 0 Å². The van der Waals surface area contributed by atoms with Crippen LogP contribution in [0.5, 0.6) is 0 Å². The maximum Gasteiger partial charge on any atom is 0.294 e. The van der Waals surface area contributed by atoms with Gasteiger partial charge in [-0.3, -0.25) is 4.55 Å². The van der Waals surface area contributed by atoms with Crippen LogP contribution in [0.3, 0.4) is 0 Å². The Morgan fingerprint density at radius 2 is 1.26 bits per heavy atom. The Morgan fingerprint density at radius 3 is 1.87 bits per heavy atom. The number of fused-ring (bicyclic) bond motifs is 3. The van der Waals surface area contributed by atoms with Crippen LogP contribution >= 0.6 is 0 Å². The van der Waals surface area contributed by atoms with E-state index in [-0.39, 0.29) is 4.90 Å². The molecule has 2 N–H and O–H groups in total. The lowest BCUT2D eigenvalue weighted by atomic mass is 10.1. The highest BCUT2D eigenvalue weighted by molar-refractivity contribution is 7.85. The number of H-pyrrole nitrogens is 1. The van der Waals surface area contributed by atoms with E-state index in [2.05, 4.69) is 4.98 Å². The van der Waals surface area contributed by atoms with Gasteiger partial charge in [0.15, 0.2) is 0 Å². The molecule has 4 rings (SSSR count). The number of para-hydroxylation sites is 1. The van der Waals surface area contributed by atoms with Gasteiger partial charge in [0, 0.05) is 21.8 Å². The third kappa shape index (κ3) is 3.41. The normalized spacial score (nSPS) is 11.2. The van der Waals surface area contributed by atoms with Crippen LogP contribution in [-0.4, -0.2) is 18.0 Å². The molecule has 1 heterocycles. The Bertz CT molecular complexity index is 1010. The first-order valence-electron chi connectivity index (χ1n) is 7.04. The Hall–Kier alpha value is -2.63. The van der Waals surface area contributed by atoms with Crippen molar-refractivity contribution in [2.45, 2.75) is 4.90 Å². The van der Waals surface area contributed by atoms with E-state index in [0.717, 1.165) is 21.8 Å². The van der Waals surface area contributed by atoms with Crippen LogP contribution in [0.2, 0.25) is 0 Å². The number of rotatable bonds is 1. The van der Waals surface area contributed by atoms with Gasteiger partial charge in [-0.05, 0) is 24.3 Å². The summed E-state index contributed by atoms with van der Waals surface area (Å²) in [6.45, 7) is 0. The smallest absolute Gasteiger partial charge is 0.294 e. The van der Waals surface area contributed by atoms with Crippen LogP contribution in [0.15, 0.2) is 83.8 Å². The Kier molecular flexibility index (Phi) is 4.14. The number of hydrogen-bond donors (Lipinski definition) is 2. The third-order valence-electron chi connectivity index (χ3n) is 3.44. The molecule has 0 saturated carbocycles. The fraction of sp³-hybridized carbons (Fsp3) is 0. The van der Waals surface area contributed by atoms with E-state index in [4.69, 9.17) is 4.55 Å². The molecular formula is C18H15NO3S. The van der Waals surface area contributed by atoms with Crippen molar-refractivity contribution < 1.29 is 13.0 Å². The van der Waals surface area contributed by atoms with Crippen molar-refractivity contribution >= 4 is 31.9 Å². The lowest BCUT2D eigenvalue weighted by Crippen LogP contribution is -1.96. The van der Waals surface area contributed by atoms with Gasteiger partial charge < -0.3 is 4.98 Å². The van der Waals surface area contributed by atoms with Crippen molar-refractivity contribution in [1.29, 1.82) is 0 Å². The number of aromatic nitrogens is 1. The second-order valence-corrected chi connectivity index (χ2v) is 6.43. The molecule has 0 aliphatic heterocycles. The standard InChI is InChI=1S/C12H9NO3S.C6H6/c14-17(15,16)8-5-6-12-10(7-8)9-3-1-2-4-11(9)13-12;1-2-4-6-5-3-1/h1-7,13H,(H,14,15,16);1-6H. The molecule has 1 aromatic heterocycles. The van der Waals surface area contributed by atoms with E-state index in [1.807, 2.05) is 60.7 Å². The Morgan fingerprint density at radius 1 is 0.696 bits per heavy atom. The molecule has 0 radical (unpaired) electrons. The summed E-state index contributed by atoms with van der Waals surface area (Å²) in [7, 11) is -4.15. The lowest BCUT2D eigenvalue weighted by Gasteiger charge is -1.97. The summed E-state index contributed by atoms with van der Waals surface area (Å²) < 4.78 is 31.2. The van der Waals surface area contributed by atoms with Crippen molar-refractivity contribution in [1.82, 2.24) is 4.98 Å². The van der Waals surface area contributed by atoms with Crippen LogP contribution in [0, 0.1) is 0 Å². The topological polar surface area (TPSA) is 70.2 Å². The first-order chi connectivity index (χ1) is 11.1. The Labute approximate surface area is 134 Å². The minimum atomic E-state index is -4.15. The third-order valence-corrected chi connectivity index (χ3v) is 4.29. The summed E-state index contributed by atoms with van der Waals surface area (Å²) in [5.41, 5.74) is 1.79. The van der Waals surface area contributed by atoms with Gasteiger partial charge in [-0.25, -0.2) is 0 Å². The molecule has 4 nitrogen and oxygen atoms in total. The molecule has 4 aromatic rings. The van der Waals surface area contributed by atoms with Crippen LogP contribution in [0.25, 0.3) is 21.8 Å². The minimum Gasteiger partial charge on any atom is -0.355 e. The number of hydrogen-bond acceptors (Lipinski definition) is 2. The van der Waals surface area contributed by atoms with E-state index < -0.39 is 10.1 Å². The van der Waals surface area contributed by atoms with E-state index in [1.54, 1.807) is 6.07 Å². The van der Waals surface area contributed by atoms with Gasteiger partial charge in [0.1, 0.15) is 0 Å². The van der Waals surface area contributed by atoms with E-state index in [1.165, 1.54) is 12.1 Å². The summed E-state index contributed by atoms with van der Waals surface area (Å²) in [5, 5.41) is 1.73. The minimum absolute atomic E-state index is 0.0882. The number of aromatic amines is 1. The first kappa shape index (κ1) is 15.3. The molecule has 116 valence electrons. The van der Waals surface area contributed by atoms with Crippen molar-refractivity contribution in [2.24, 2.45) is 0 Å². The molecule has 0 bridgehead atoms. The van der Waals surface area contributed by atoms with Crippen molar-refractivity contribution in [2.75, 3.05) is 0 Å². The maximum absolute atomic E-state index is 11.1. The van der Waals surface area contributed by atoms with Crippen LogP contribution < -0.4 is 0 Å². The van der Waals surface area contributed by atoms with Gasteiger partial charge in [-0.2, -0.15) is 8.42 Å². The highest BCUT2D eigenvalue weighted by Crippen LogP contribution is 2.27. The quantitative estimate of drug-likeness (QED) is 0.514. The van der Waals surface area contributed by atoms with Gasteiger partial charge in [-0.15, -0.1) is 0 Å². The molecule has 0 amide bonds. The van der Waals surface area contributed by atoms with Gasteiger partial charge in [0.25, 0.3) is 10.1 Å². The summed E-state index contributed by atoms with van der Waals surface area (Å²) in [6, 6.07) is 24.1. The average molecular weight is 325 g/mol. The van der Waals surface area contributed by atoms with E-state index in [9.17, 15) is 8.42 Å². The van der Waals surface area contributed by atoms with E-state index >= 15 is 0 Å². The molecule has 0 atom stereocenters. The first-order valence-corrected chi connectivity index (χ1v) is 8.48. The van der Waals surface area contributed by atoms with Gasteiger partial charge in [0.05, 0.1) is 4.90 Å². The zero-order valence-electron chi connectivity index (χ0n) is 12.2. The summed E-state index contributed by atoms with van der Waals surface area (Å²) in [5.74, 6) is 0. The lowest BCUT2D eigenvalue weighted by molar-refractivity contribution is 0.483. The SMILES string of the molecule is O=S(=O)(O)c1ccc2[nH]c3ccccc3c2c1.c1ccccc1. The second kappa shape index (κ2) is 6.24. The predicted molar refractivity (Wildman–Crippen MR) is 92.1 cm³/mol. The van der Waals surface area contributed by atoms with Crippen molar-refractivity contribution in [3.63, 3.8) is 0 Å². The monoisotopic (exact) mass is 325 g/mol. The van der Waals surface area contributed by atoms with Crippen LogP contribution in [0.4, 0.5) is 0 Å². The summed E-state index contributed by atoms with van der Waals surface area (Å²) >= 11 is 0. The van der Waals surface area contributed by atoms with Crippen LogP contribution in [0.1, 0.15) is 0 Å². The molecule has 23 heavy (non-hydrogen) atoms. The van der Waals surface area contributed by atoms with Crippen molar-refractivity contribution in [3.05, 3.63) is 78.9 Å². The van der Waals surface area contributed by atoms with E-state index in [0.29, 0.717) is 0 Å². The summed E-state index contributed by atoms with van der Waals surface area (Å²) in [6.07, 6.45) is 0. The molecule has 0 spiro atoms. The van der Waals surface area contributed by atoms with Gasteiger partial charge in [-0.1, -0.05) is 54.6 Å². The number of nitrogens with one attached hydrogen (secondary N) is 1. The predicted octanol–water partition coefficient (Wildman–Crippen LogP) is 4.25. The molecule has 0 saturated heterocycles. The fourth-order valence-corrected chi connectivity index (χ4v) is 2.88.